The quantitative estimate of drug-likeness (QED) is 0.192. The van der Waals surface area contributed by atoms with Gasteiger partial charge in [-0.2, -0.15) is 0 Å². The van der Waals surface area contributed by atoms with E-state index in [1.54, 1.807) is 13.0 Å². The van der Waals surface area contributed by atoms with Crippen molar-refractivity contribution in [2.45, 2.75) is 104 Å². The number of unbranched alkanes of at least 4 members (excludes halogenated alkanes) is 13. The van der Waals surface area contributed by atoms with Gasteiger partial charge in [0.1, 0.15) is 5.75 Å². The standard InChI is InChI=1S/C23H40ClNO3S/c1-3-4-5-6-7-8-9-10-11-12-13-14-15-16-17-29(27,28)25-21-18-20(2)23(26)22(24)19-21/h18-19,25-26H,3-17H2,1-2H3. The summed E-state index contributed by atoms with van der Waals surface area (Å²) < 4.78 is 27.0. The lowest BCUT2D eigenvalue weighted by Gasteiger charge is -2.10. The third-order valence-electron chi connectivity index (χ3n) is 5.29. The van der Waals surface area contributed by atoms with Crippen molar-refractivity contribution in [2.75, 3.05) is 10.5 Å². The van der Waals surface area contributed by atoms with Gasteiger partial charge in [0, 0.05) is 0 Å². The highest BCUT2D eigenvalue weighted by Crippen LogP contribution is 2.31. The van der Waals surface area contributed by atoms with Crippen LogP contribution in [0.4, 0.5) is 5.69 Å². The molecule has 1 rings (SSSR count). The van der Waals surface area contributed by atoms with Gasteiger partial charge in [0.05, 0.1) is 16.5 Å². The molecule has 168 valence electrons. The fourth-order valence-corrected chi connectivity index (χ4v) is 4.94. The Morgan fingerprint density at radius 3 is 1.72 bits per heavy atom. The predicted molar refractivity (Wildman–Crippen MR) is 126 cm³/mol. The molecule has 6 heteroatoms. The van der Waals surface area contributed by atoms with E-state index in [-0.39, 0.29) is 16.5 Å². The highest BCUT2D eigenvalue weighted by Gasteiger charge is 2.12. The summed E-state index contributed by atoms with van der Waals surface area (Å²) in [6.45, 7) is 3.94. The summed E-state index contributed by atoms with van der Waals surface area (Å²) in [5, 5.41) is 9.82. The molecule has 0 fully saturated rings. The van der Waals surface area contributed by atoms with E-state index in [0.29, 0.717) is 17.7 Å². The van der Waals surface area contributed by atoms with Crippen LogP contribution in [-0.2, 0) is 10.0 Å². The van der Waals surface area contributed by atoms with E-state index >= 15 is 0 Å². The first-order chi connectivity index (χ1) is 13.9. The number of hydrogen-bond donors (Lipinski definition) is 2. The Balaban J connectivity index is 2.04. The first kappa shape index (κ1) is 26.1. The van der Waals surface area contributed by atoms with E-state index in [0.717, 1.165) is 12.8 Å². The fourth-order valence-electron chi connectivity index (χ4n) is 3.51. The normalized spacial score (nSPS) is 11.7. The molecule has 29 heavy (non-hydrogen) atoms. The van der Waals surface area contributed by atoms with Gasteiger partial charge in [-0.15, -0.1) is 0 Å². The van der Waals surface area contributed by atoms with Gasteiger partial charge in [-0.05, 0) is 31.0 Å². The minimum absolute atomic E-state index is 0.0124. The van der Waals surface area contributed by atoms with Gasteiger partial charge < -0.3 is 5.11 Å². The number of sulfonamides is 1. The minimum Gasteiger partial charge on any atom is -0.506 e. The van der Waals surface area contributed by atoms with Crippen LogP contribution < -0.4 is 4.72 Å². The third kappa shape index (κ3) is 12.4. The van der Waals surface area contributed by atoms with E-state index in [4.69, 9.17) is 11.6 Å². The van der Waals surface area contributed by atoms with Crippen molar-refractivity contribution >= 4 is 27.3 Å². The second kappa shape index (κ2) is 15.0. The summed E-state index contributed by atoms with van der Waals surface area (Å²) in [5.74, 6) is 0.101. The van der Waals surface area contributed by atoms with Gasteiger partial charge in [0.2, 0.25) is 10.0 Å². The molecule has 0 saturated carbocycles. The average molecular weight is 446 g/mol. The molecule has 1 aromatic carbocycles. The van der Waals surface area contributed by atoms with Crippen LogP contribution >= 0.6 is 11.6 Å². The molecule has 0 saturated heterocycles. The molecule has 0 bridgehead atoms. The maximum absolute atomic E-state index is 12.2. The average Bonchev–Trinajstić information content (AvgIpc) is 2.66. The first-order valence-corrected chi connectivity index (χ1v) is 13.4. The molecular weight excluding hydrogens is 406 g/mol. The Kier molecular flexibility index (Phi) is 13.5. The molecular formula is C23H40ClNO3S. The number of aryl methyl sites for hydroxylation is 1. The molecule has 1 aromatic rings. The molecule has 0 atom stereocenters. The predicted octanol–water partition coefficient (Wildman–Crippen LogP) is 7.58. The molecule has 4 nitrogen and oxygen atoms in total. The SMILES string of the molecule is CCCCCCCCCCCCCCCCS(=O)(=O)Nc1cc(C)c(O)c(Cl)c1. The van der Waals surface area contributed by atoms with Crippen molar-refractivity contribution in [3.8, 4) is 5.75 Å². The van der Waals surface area contributed by atoms with Crippen LogP contribution in [0.25, 0.3) is 0 Å². The number of benzene rings is 1. The third-order valence-corrected chi connectivity index (χ3v) is 6.95. The van der Waals surface area contributed by atoms with E-state index < -0.39 is 10.0 Å². The zero-order chi connectivity index (χ0) is 21.5. The lowest BCUT2D eigenvalue weighted by molar-refractivity contribution is 0.471. The van der Waals surface area contributed by atoms with Gasteiger partial charge in [-0.3, -0.25) is 4.72 Å². The largest absolute Gasteiger partial charge is 0.506 e. The second-order valence-electron chi connectivity index (χ2n) is 8.14. The Morgan fingerprint density at radius 2 is 1.28 bits per heavy atom. The number of halogens is 1. The molecule has 0 radical (unpaired) electrons. The molecule has 2 N–H and O–H groups in total. The zero-order valence-corrected chi connectivity index (χ0v) is 19.9. The number of phenolic OH excluding ortho intramolecular Hbond substituents is 1. The summed E-state index contributed by atoms with van der Waals surface area (Å²) in [6, 6.07) is 3.02. The van der Waals surface area contributed by atoms with Gasteiger partial charge >= 0.3 is 0 Å². The van der Waals surface area contributed by atoms with Gasteiger partial charge in [-0.25, -0.2) is 8.42 Å². The van der Waals surface area contributed by atoms with Crippen LogP contribution in [-0.4, -0.2) is 19.3 Å². The Labute approximate surface area is 183 Å². The molecule has 0 aliphatic carbocycles. The fraction of sp³-hybridized carbons (Fsp3) is 0.739. The van der Waals surface area contributed by atoms with E-state index in [1.807, 2.05) is 0 Å². The maximum atomic E-state index is 12.2. The highest BCUT2D eigenvalue weighted by molar-refractivity contribution is 7.92. The Bertz CT molecular complexity index is 654. The number of nitrogens with one attached hydrogen (secondary N) is 1. The van der Waals surface area contributed by atoms with Crippen LogP contribution in [0, 0.1) is 6.92 Å². The highest BCUT2D eigenvalue weighted by atomic mass is 35.5. The van der Waals surface area contributed by atoms with Crippen molar-refractivity contribution in [1.82, 2.24) is 0 Å². The Hall–Kier alpha value is -0.940. The molecule has 0 aromatic heterocycles. The lowest BCUT2D eigenvalue weighted by Crippen LogP contribution is -2.16. The van der Waals surface area contributed by atoms with Crippen LogP contribution in [0.3, 0.4) is 0 Å². The lowest BCUT2D eigenvalue weighted by atomic mass is 10.0. The number of anilines is 1. The van der Waals surface area contributed by atoms with Crippen molar-refractivity contribution in [1.29, 1.82) is 0 Å². The Morgan fingerprint density at radius 1 is 0.828 bits per heavy atom. The van der Waals surface area contributed by atoms with Crippen LogP contribution in [0.15, 0.2) is 12.1 Å². The summed E-state index contributed by atoms with van der Waals surface area (Å²) in [5.41, 5.74) is 0.947. The van der Waals surface area contributed by atoms with Crippen molar-refractivity contribution in [3.63, 3.8) is 0 Å². The van der Waals surface area contributed by atoms with Gasteiger partial charge in [0.25, 0.3) is 0 Å². The number of rotatable bonds is 17. The van der Waals surface area contributed by atoms with Gasteiger partial charge in [-0.1, -0.05) is 102 Å². The first-order valence-electron chi connectivity index (χ1n) is 11.4. The van der Waals surface area contributed by atoms with Crippen molar-refractivity contribution in [2.24, 2.45) is 0 Å². The number of phenols is 1. The van der Waals surface area contributed by atoms with Crippen molar-refractivity contribution < 1.29 is 13.5 Å². The summed E-state index contributed by atoms with van der Waals surface area (Å²) in [6.07, 6.45) is 17.4. The van der Waals surface area contributed by atoms with E-state index in [9.17, 15) is 13.5 Å². The summed E-state index contributed by atoms with van der Waals surface area (Å²) in [4.78, 5) is 0. The topological polar surface area (TPSA) is 66.4 Å². The molecule has 0 aliphatic heterocycles. The molecule has 0 aliphatic rings. The monoisotopic (exact) mass is 445 g/mol. The van der Waals surface area contributed by atoms with E-state index in [2.05, 4.69) is 11.6 Å². The van der Waals surface area contributed by atoms with Crippen molar-refractivity contribution in [3.05, 3.63) is 22.7 Å². The number of hydrogen-bond acceptors (Lipinski definition) is 3. The minimum atomic E-state index is -3.39. The maximum Gasteiger partial charge on any atom is 0.232 e. The molecule has 0 heterocycles. The van der Waals surface area contributed by atoms with Gasteiger partial charge in [0.15, 0.2) is 0 Å². The van der Waals surface area contributed by atoms with Crippen LogP contribution in [0.2, 0.25) is 5.02 Å². The number of aromatic hydroxyl groups is 1. The smallest absolute Gasteiger partial charge is 0.232 e. The van der Waals surface area contributed by atoms with Crippen LogP contribution in [0.1, 0.15) is 102 Å². The summed E-state index contributed by atoms with van der Waals surface area (Å²) >= 11 is 5.90. The molecule has 0 unspecified atom stereocenters. The molecule has 0 spiro atoms. The molecule has 0 amide bonds. The van der Waals surface area contributed by atoms with Crippen LogP contribution in [0.5, 0.6) is 5.75 Å². The zero-order valence-electron chi connectivity index (χ0n) is 18.3. The summed E-state index contributed by atoms with van der Waals surface area (Å²) in [7, 11) is -3.39. The second-order valence-corrected chi connectivity index (χ2v) is 10.4. The van der Waals surface area contributed by atoms with E-state index in [1.165, 1.54) is 76.7 Å².